The zero-order valence-corrected chi connectivity index (χ0v) is 22.8. The normalized spacial score (nSPS) is 30.3. The van der Waals surface area contributed by atoms with Crippen LogP contribution in [0.2, 0.25) is 0 Å². The molecule has 5 fully saturated rings. The Morgan fingerprint density at radius 2 is 1.74 bits per heavy atom. The van der Waals surface area contributed by atoms with Crippen molar-refractivity contribution < 1.29 is 14.4 Å². The van der Waals surface area contributed by atoms with Crippen molar-refractivity contribution in [1.82, 2.24) is 25.6 Å². The molecule has 1 aromatic rings. The van der Waals surface area contributed by atoms with Gasteiger partial charge in [-0.2, -0.15) is 0 Å². The van der Waals surface area contributed by atoms with Crippen LogP contribution in [0.15, 0.2) is 30.3 Å². The van der Waals surface area contributed by atoms with E-state index in [4.69, 9.17) is 0 Å². The maximum Gasteiger partial charge on any atom is 0.250 e. The number of amides is 3. The molecule has 9 nitrogen and oxygen atoms in total. The van der Waals surface area contributed by atoms with Crippen molar-refractivity contribution in [3.63, 3.8) is 0 Å². The quantitative estimate of drug-likeness (QED) is 0.627. The third-order valence-electron chi connectivity index (χ3n) is 9.82. The fourth-order valence-corrected chi connectivity index (χ4v) is 7.49. The second-order valence-electron chi connectivity index (χ2n) is 12.9. The highest BCUT2D eigenvalue weighted by molar-refractivity contribution is 5.96. The maximum atomic E-state index is 14.0. The molecule has 0 aromatic heterocycles. The van der Waals surface area contributed by atoms with Gasteiger partial charge in [0.1, 0.15) is 12.1 Å². The average molecular weight is 523 g/mol. The van der Waals surface area contributed by atoms with Crippen LogP contribution in [0.1, 0.15) is 52.4 Å². The Kier molecular flexibility index (Phi) is 6.63. The lowest BCUT2D eigenvalue weighted by molar-refractivity contribution is -0.143. The lowest BCUT2D eigenvalue weighted by atomic mass is 9.77. The summed E-state index contributed by atoms with van der Waals surface area (Å²) in [6.07, 6.45) is 5.07. The third-order valence-corrected chi connectivity index (χ3v) is 9.82. The van der Waals surface area contributed by atoms with Crippen LogP contribution in [-0.2, 0) is 14.4 Å². The van der Waals surface area contributed by atoms with Gasteiger partial charge in [-0.05, 0) is 62.0 Å². The third kappa shape index (κ3) is 4.57. The molecule has 4 aliphatic heterocycles. The van der Waals surface area contributed by atoms with Gasteiger partial charge in [-0.25, -0.2) is 0 Å². The van der Waals surface area contributed by atoms with E-state index in [1.54, 1.807) is 4.90 Å². The Hall–Kier alpha value is -2.65. The molecule has 1 spiro atoms. The minimum Gasteiger partial charge on any atom is -0.342 e. The summed E-state index contributed by atoms with van der Waals surface area (Å²) in [6.45, 7) is 8.50. The number of nitrogens with zero attached hydrogens (tertiary/aromatic N) is 4. The first-order valence-electron chi connectivity index (χ1n) is 14.4. The number of anilines is 1. The van der Waals surface area contributed by atoms with Gasteiger partial charge in [0, 0.05) is 50.4 Å². The number of likely N-dealkylation sites (tertiary alicyclic amines) is 2. The minimum atomic E-state index is -0.709. The highest BCUT2D eigenvalue weighted by Gasteiger charge is 2.55. The number of hydrogen-bond acceptors (Lipinski definition) is 6. The fraction of sp³-hybridized carbons (Fsp3) is 0.690. The number of hydrogen-bond donors (Lipinski definition) is 2. The van der Waals surface area contributed by atoms with Crippen LogP contribution in [0.25, 0.3) is 0 Å². The summed E-state index contributed by atoms with van der Waals surface area (Å²) in [4.78, 5) is 48.6. The molecule has 3 amide bonds. The van der Waals surface area contributed by atoms with Gasteiger partial charge in [0.05, 0.1) is 6.67 Å². The average Bonchev–Trinajstić information content (AvgIpc) is 3.61. The van der Waals surface area contributed by atoms with Crippen molar-refractivity contribution in [2.24, 2.45) is 17.3 Å². The number of benzene rings is 1. The Bertz CT molecular complexity index is 1070. The summed E-state index contributed by atoms with van der Waals surface area (Å²) in [5, 5.41) is 0. The van der Waals surface area contributed by atoms with E-state index >= 15 is 0 Å². The molecule has 4 heterocycles. The molecule has 206 valence electrons. The number of para-hydroxylation sites is 1. The largest absolute Gasteiger partial charge is 0.342 e. The van der Waals surface area contributed by atoms with Gasteiger partial charge < -0.3 is 19.6 Å². The molecule has 0 bridgehead atoms. The van der Waals surface area contributed by atoms with E-state index in [0.29, 0.717) is 44.6 Å². The van der Waals surface area contributed by atoms with E-state index in [9.17, 15) is 14.4 Å². The smallest absolute Gasteiger partial charge is 0.250 e. The van der Waals surface area contributed by atoms with Crippen molar-refractivity contribution in [3.05, 3.63) is 30.3 Å². The molecule has 5 aliphatic rings. The summed E-state index contributed by atoms with van der Waals surface area (Å²) in [5.41, 5.74) is 7.02. The second kappa shape index (κ2) is 9.83. The van der Waals surface area contributed by atoms with Gasteiger partial charge in [-0.15, -0.1) is 0 Å². The van der Waals surface area contributed by atoms with Crippen molar-refractivity contribution in [3.8, 4) is 0 Å². The van der Waals surface area contributed by atoms with Crippen molar-refractivity contribution in [2.45, 2.75) is 64.0 Å². The van der Waals surface area contributed by atoms with Crippen LogP contribution in [0.3, 0.4) is 0 Å². The molecule has 9 heteroatoms. The molecule has 2 N–H and O–H groups in total. The highest BCUT2D eigenvalue weighted by Crippen LogP contribution is 2.41. The molecule has 4 saturated heterocycles. The lowest BCUT2D eigenvalue weighted by Gasteiger charge is -2.44. The number of carbonyl (C=O) groups is 3. The lowest BCUT2D eigenvalue weighted by Crippen LogP contribution is -2.58. The Morgan fingerprint density at radius 3 is 2.45 bits per heavy atom. The van der Waals surface area contributed by atoms with Gasteiger partial charge in [0.15, 0.2) is 0 Å². The van der Waals surface area contributed by atoms with Gasteiger partial charge in [0.25, 0.3) is 5.91 Å². The topological polar surface area (TPSA) is 88.2 Å². The molecule has 3 unspecified atom stereocenters. The molecule has 1 saturated carbocycles. The van der Waals surface area contributed by atoms with Crippen molar-refractivity contribution in [2.75, 3.05) is 50.8 Å². The molecule has 38 heavy (non-hydrogen) atoms. The summed E-state index contributed by atoms with van der Waals surface area (Å²) in [6, 6.07) is 10.5. The minimum absolute atomic E-state index is 0.0314. The standard InChI is InChI=1S/C29H42N6O3/c1-28(2)10-13-33(19-28)25(36)18-34-20-35(23-6-4-3-5-7-23)29(27(34)38)11-14-32(15-12-29)26(37)21-8-9-24-22(16-21)17-30-31-24/h3-7,21-22,24,30-31H,8-20H2,1-2H3. The van der Waals surface area contributed by atoms with E-state index in [1.807, 2.05) is 40.1 Å². The summed E-state index contributed by atoms with van der Waals surface area (Å²) in [5.74, 6) is 0.920. The number of fused-ring (bicyclic) bond motifs is 1. The second-order valence-corrected chi connectivity index (χ2v) is 12.9. The highest BCUT2D eigenvalue weighted by atomic mass is 16.2. The zero-order valence-electron chi connectivity index (χ0n) is 22.8. The van der Waals surface area contributed by atoms with E-state index in [2.05, 4.69) is 29.6 Å². The summed E-state index contributed by atoms with van der Waals surface area (Å²) >= 11 is 0. The number of carbonyl (C=O) groups excluding carboxylic acids is 3. The van der Waals surface area contributed by atoms with Crippen LogP contribution in [0, 0.1) is 17.3 Å². The Morgan fingerprint density at radius 1 is 1.00 bits per heavy atom. The molecule has 6 rings (SSSR count). The monoisotopic (exact) mass is 522 g/mol. The Balaban J connectivity index is 1.16. The fourth-order valence-electron chi connectivity index (χ4n) is 7.49. The molecule has 1 aliphatic carbocycles. The number of nitrogens with one attached hydrogen (secondary N) is 2. The van der Waals surface area contributed by atoms with Crippen LogP contribution < -0.4 is 15.8 Å². The predicted molar refractivity (Wildman–Crippen MR) is 145 cm³/mol. The first-order valence-corrected chi connectivity index (χ1v) is 14.4. The van der Waals surface area contributed by atoms with E-state index < -0.39 is 5.54 Å². The molecule has 0 radical (unpaired) electrons. The SMILES string of the molecule is CC1(C)CCN(C(=O)CN2CN(c3ccccc3)C3(CCN(C(=O)C4CCC5NNCC5C4)CC3)C2=O)C1. The van der Waals surface area contributed by atoms with Crippen molar-refractivity contribution >= 4 is 23.4 Å². The predicted octanol–water partition coefficient (Wildman–Crippen LogP) is 1.81. The summed E-state index contributed by atoms with van der Waals surface area (Å²) in [7, 11) is 0. The van der Waals surface area contributed by atoms with E-state index in [1.165, 1.54) is 0 Å². The first kappa shape index (κ1) is 25.6. The first-order chi connectivity index (χ1) is 18.3. The number of rotatable bonds is 4. The Labute approximate surface area is 225 Å². The van der Waals surface area contributed by atoms with Gasteiger partial charge >= 0.3 is 0 Å². The zero-order chi connectivity index (χ0) is 26.5. The number of hydrazine groups is 1. The van der Waals surface area contributed by atoms with Gasteiger partial charge in [-0.3, -0.25) is 25.2 Å². The van der Waals surface area contributed by atoms with Gasteiger partial charge in [0.2, 0.25) is 11.8 Å². The summed E-state index contributed by atoms with van der Waals surface area (Å²) < 4.78 is 0. The number of piperidine rings is 1. The molecule has 1 aromatic carbocycles. The maximum absolute atomic E-state index is 14.0. The van der Waals surface area contributed by atoms with Crippen LogP contribution in [-0.4, -0.2) is 89.9 Å². The molecular formula is C29H42N6O3. The molecule has 3 atom stereocenters. The van der Waals surface area contributed by atoms with Crippen LogP contribution >= 0.6 is 0 Å². The van der Waals surface area contributed by atoms with Crippen LogP contribution in [0.5, 0.6) is 0 Å². The van der Waals surface area contributed by atoms with Crippen molar-refractivity contribution in [1.29, 1.82) is 0 Å². The van der Waals surface area contributed by atoms with Crippen LogP contribution in [0.4, 0.5) is 5.69 Å². The van der Waals surface area contributed by atoms with E-state index in [-0.39, 0.29) is 35.6 Å². The molecular weight excluding hydrogens is 480 g/mol. The van der Waals surface area contributed by atoms with Gasteiger partial charge in [-0.1, -0.05) is 32.0 Å². The van der Waals surface area contributed by atoms with E-state index in [0.717, 1.165) is 51.0 Å².